The summed E-state index contributed by atoms with van der Waals surface area (Å²) in [7, 11) is 0. The fourth-order valence-corrected chi connectivity index (χ4v) is 8.29. The Kier molecular flexibility index (Phi) is 10.3. The van der Waals surface area contributed by atoms with Gasteiger partial charge in [0.05, 0.1) is 0 Å². The average molecular weight is 657 g/mol. The Morgan fingerprint density at radius 2 is 0.735 bits per heavy atom. The summed E-state index contributed by atoms with van der Waals surface area (Å²) in [6, 6.07) is 24.9. The second kappa shape index (κ2) is 13.1. The van der Waals surface area contributed by atoms with E-state index in [9.17, 15) is 0 Å². The van der Waals surface area contributed by atoms with Gasteiger partial charge in [0.2, 0.25) is 0 Å². The molecule has 3 aromatic rings. The van der Waals surface area contributed by atoms with E-state index in [1.54, 1.807) is 0 Å². The van der Waals surface area contributed by atoms with E-state index >= 15 is 0 Å². The zero-order valence-corrected chi connectivity index (χ0v) is 24.9. The molecule has 3 aromatic carbocycles. The van der Waals surface area contributed by atoms with Crippen LogP contribution in [0, 0.1) is 17.8 Å². The van der Waals surface area contributed by atoms with Crippen molar-refractivity contribution in [1.82, 2.24) is 0 Å². The normalized spacial score (nSPS) is 11.5. The number of benzene rings is 3. The first-order chi connectivity index (χ1) is 16.3. The van der Waals surface area contributed by atoms with E-state index < -0.39 is 23.1 Å². The first-order valence-electron chi connectivity index (χ1n) is 12.4. The third-order valence-corrected chi connectivity index (χ3v) is 9.35. The Labute approximate surface area is 216 Å². The molecule has 182 valence electrons. The molecule has 0 saturated heterocycles. The van der Waals surface area contributed by atoms with Crippen LogP contribution in [0.3, 0.4) is 0 Å². The SMILES string of the molecule is CC(C)Cc1ccccc1[O][Bi]([O]c1ccccc1CC(C)C)[O]c1ccccc1CC(C)C. The van der Waals surface area contributed by atoms with Crippen molar-refractivity contribution in [2.45, 2.75) is 60.8 Å². The van der Waals surface area contributed by atoms with Gasteiger partial charge in [0.1, 0.15) is 0 Å². The molecule has 34 heavy (non-hydrogen) atoms. The van der Waals surface area contributed by atoms with Crippen LogP contribution in [0.25, 0.3) is 0 Å². The molecule has 0 aliphatic carbocycles. The number of para-hydroxylation sites is 3. The molecule has 0 amide bonds. The van der Waals surface area contributed by atoms with Gasteiger partial charge in [-0.05, 0) is 0 Å². The fourth-order valence-electron chi connectivity index (χ4n) is 3.90. The molecule has 0 aromatic heterocycles. The van der Waals surface area contributed by atoms with Gasteiger partial charge in [0, 0.05) is 0 Å². The van der Waals surface area contributed by atoms with Crippen molar-refractivity contribution in [3.63, 3.8) is 0 Å². The molecule has 0 bridgehead atoms. The van der Waals surface area contributed by atoms with Crippen molar-refractivity contribution >= 4 is 23.1 Å². The Bertz CT molecular complexity index is 897. The van der Waals surface area contributed by atoms with Gasteiger partial charge in [0.15, 0.2) is 0 Å². The fraction of sp³-hybridized carbons (Fsp3) is 0.400. The maximum atomic E-state index is 6.63. The summed E-state index contributed by atoms with van der Waals surface area (Å²) in [5, 5.41) is 0. The Morgan fingerprint density at radius 3 is 1.00 bits per heavy atom. The second-order valence-electron chi connectivity index (χ2n) is 10.1. The molecule has 0 atom stereocenters. The number of hydrogen-bond donors (Lipinski definition) is 0. The van der Waals surface area contributed by atoms with Crippen LogP contribution in [0.15, 0.2) is 72.8 Å². The van der Waals surface area contributed by atoms with E-state index in [1.165, 1.54) is 16.7 Å². The van der Waals surface area contributed by atoms with E-state index in [1.807, 2.05) is 36.4 Å². The van der Waals surface area contributed by atoms with Crippen molar-refractivity contribution in [3.8, 4) is 17.2 Å². The molecule has 0 heterocycles. The summed E-state index contributed by atoms with van der Waals surface area (Å²) in [4.78, 5) is 0. The molecule has 0 unspecified atom stereocenters. The van der Waals surface area contributed by atoms with Gasteiger partial charge >= 0.3 is 217 Å². The summed E-state index contributed by atoms with van der Waals surface area (Å²) in [6.07, 6.45) is 2.88. The first kappa shape index (κ1) is 26.5. The number of rotatable bonds is 12. The molecule has 0 N–H and O–H groups in total. The molecule has 0 aliphatic rings. The van der Waals surface area contributed by atoms with Crippen LogP contribution in [0.4, 0.5) is 0 Å². The van der Waals surface area contributed by atoms with Gasteiger partial charge in [-0.3, -0.25) is 0 Å². The van der Waals surface area contributed by atoms with Crippen molar-refractivity contribution < 1.29 is 8.44 Å². The van der Waals surface area contributed by atoms with E-state index in [-0.39, 0.29) is 0 Å². The monoisotopic (exact) mass is 656 g/mol. The van der Waals surface area contributed by atoms with Crippen LogP contribution in [0.5, 0.6) is 17.2 Å². The van der Waals surface area contributed by atoms with Crippen LogP contribution >= 0.6 is 0 Å². The predicted octanol–water partition coefficient (Wildman–Crippen LogP) is 7.80. The predicted molar refractivity (Wildman–Crippen MR) is 143 cm³/mol. The van der Waals surface area contributed by atoms with Gasteiger partial charge in [0.25, 0.3) is 0 Å². The minimum absolute atomic E-state index is 0.540. The van der Waals surface area contributed by atoms with Crippen molar-refractivity contribution in [1.29, 1.82) is 0 Å². The van der Waals surface area contributed by atoms with E-state index in [2.05, 4.69) is 77.9 Å². The first-order valence-corrected chi connectivity index (χ1v) is 16.7. The molecule has 0 fully saturated rings. The molecular formula is C30H39BiO3. The molecule has 0 saturated carbocycles. The summed E-state index contributed by atoms with van der Waals surface area (Å²) in [5.41, 5.74) is 3.61. The van der Waals surface area contributed by atoms with Crippen LogP contribution in [-0.4, -0.2) is 23.1 Å². The van der Waals surface area contributed by atoms with Gasteiger partial charge in [-0.2, -0.15) is 0 Å². The zero-order chi connectivity index (χ0) is 24.5. The quantitative estimate of drug-likeness (QED) is 0.186. The van der Waals surface area contributed by atoms with Crippen LogP contribution in [0.2, 0.25) is 0 Å². The maximum absolute atomic E-state index is 6.63. The topological polar surface area (TPSA) is 27.7 Å². The molecule has 3 nitrogen and oxygen atoms in total. The minimum atomic E-state index is -3.44. The Hall–Kier alpha value is -2.06. The third-order valence-electron chi connectivity index (χ3n) is 5.32. The zero-order valence-electron chi connectivity index (χ0n) is 21.5. The van der Waals surface area contributed by atoms with Crippen molar-refractivity contribution in [2.24, 2.45) is 17.8 Å². The third kappa shape index (κ3) is 8.31. The van der Waals surface area contributed by atoms with Crippen LogP contribution < -0.4 is 8.44 Å². The Morgan fingerprint density at radius 1 is 0.471 bits per heavy atom. The summed E-state index contributed by atoms with van der Waals surface area (Å²) >= 11 is -3.44. The van der Waals surface area contributed by atoms with Crippen LogP contribution in [0.1, 0.15) is 58.2 Å². The van der Waals surface area contributed by atoms with Crippen molar-refractivity contribution in [2.75, 3.05) is 0 Å². The van der Waals surface area contributed by atoms with Crippen LogP contribution in [-0.2, 0) is 19.3 Å². The molecule has 0 radical (unpaired) electrons. The van der Waals surface area contributed by atoms with Gasteiger partial charge < -0.3 is 0 Å². The van der Waals surface area contributed by atoms with E-state index in [4.69, 9.17) is 8.44 Å². The number of hydrogen-bond acceptors (Lipinski definition) is 3. The molecule has 0 aliphatic heterocycles. The van der Waals surface area contributed by atoms with E-state index in [0.29, 0.717) is 17.8 Å². The molecule has 4 heteroatoms. The van der Waals surface area contributed by atoms with Gasteiger partial charge in [-0.25, -0.2) is 0 Å². The van der Waals surface area contributed by atoms with Gasteiger partial charge in [-0.15, -0.1) is 0 Å². The van der Waals surface area contributed by atoms with Gasteiger partial charge in [-0.1, -0.05) is 0 Å². The van der Waals surface area contributed by atoms with E-state index in [0.717, 1.165) is 36.5 Å². The molecular weight excluding hydrogens is 617 g/mol. The second-order valence-corrected chi connectivity index (χ2v) is 14.0. The van der Waals surface area contributed by atoms with Crippen molar-refractivity contribution in [3.05, 3.63) is 89.5 Å². The average Bonchev–Trinajstić information content (AvgIpc) is 2.77. The standard InChI is InChI=1S/3C10H14O.Bi/c3*1-8(2)7-9-5-3-4-6-10(9)11;/h3*3-6,8,11H,7H2,1-2H3;/q;;;+3/p-3. The molecule has 3 rings (SSSR count). The summed E-state index contributed by atoms with van der Waals surface area (Å²) < 4.78 is 19.9. The summed E-state index contributed by atoms with van der Waals surface area (Å²) in [5.74, 6) is 4.28. The Balaban J connectivity index is 1.94. The molecule has 0 spiro atoms. The summed E-state index contributed by atoms with van der Waals surface area (Å²) in [6.45, 7) is 13.4.